The van der Waals surface area contributed by atoms with Gasteiger partial charge in [0.1, 0.15) is 0 Å². The van der Waals surface area contributed by atoms with Gasteiger partial charge in [0.2, 0.25) is 5.91 Å². The van der Waals surface area contributed by atoms with Crippen molar-refractivity contribution in [2.24, 2.45) is 0 Å². The summed E-state index contributed by atoms with van der Waals surface area (Å²) >= 11 is 1.51. The molecule has 10 heteroatoms. The molecule has 140 valence electrons. The summed E-state index contributed by atoms with van der Waals surface area (Å²) in [7, 11) is 0. The molecule has 0 aliphatic carbocycles. The highest BCUT2D eigenvalue weighted by atomic mass is 32.2. The lowest BCUT2D eigenvalue weighted by Gasteiger charge is -2.26. The van der Waals surface area contributed by atoms with Crippen LogP contribution in [0.4, 0.5) is 0 Å². The molecule has 27 heavy (non-hydrogen) atoms. The van der Waals surface area contributed by atoms with E-state index in [-0.39, 0.29) is 18.4 Å². The monoisotopic (exact) mass is 385 g/mol. The maximum Gasteiger partial charge on any atom is 0.272 e. The number of rotatable bonds is 5. The second kappa shape index (κ2) is 7.39. The van der Waals surface area contributed by atoms with E-state index in [1.807, 2.05) is 35.1 Å². The fraction of sp³-hybridized carbons (Fsp3) is 0.353. The Labute approximate surface area is 159 Å². The smallest absolute Gasteiger partial charge is 0.272 e. The number of aromatic nitrogens is 5. The summed E-state index contributed by atoms with van der Waals surface area (Å²) in [4.78, 5) is 26.5. The number of carbonyl (C=O) groups excluding carboxylic acids is 2. The van der Waals surface area contributed by atoms with Gasteiger partial charge in [0.15, 0.2) is 17.2 Å². The van der Waals surface area contributed by atoms with Crippen LogP contribution in [-0.2, 0) is 24.3 Å². The van der Waals surface area contributed by atoms with Crippen molar-refractivity contribution < 1.29 is 9.59 Å². The molecule has 0 spiro atoms. The molecule has 0 saturated heterocycles. The number of hydrogen-bond acceptors (Lipinski definition) is 6. The summed E-state index contributed by atoms with van der Waals surface area (Å²) in [6, 6.07) is 5.62. The third-order valence-electron chi connectivity index (χ3n) is 4.56. The van der Waals surface area contributed by atoms with E-state index in [4.69, 9.17) is 0 Å². The zero-order valence-electron chi connectivity index (χ0n) is 14.8. The van der Waals surface area contributed by atoms with Crippen LogP contribution in [0, 0.1) is 0 Å². The first-order valence-corrected chi connectivity index (χ1v) is 9.96. The Morgan fingerprint density at radius 3 is 3.07 bits per heavy atom. The van der Waals surface area contributed by atoms with E-state index < -0.39 is 0 Å². The molecule has 1 aliphatic rings. The minimum absolute atomic E-state index is 0.104. The number of hydrogen-bond donors (Lipinski definition) is 2. The quantitative estimate of drug-likeness (QED) is 0.667. The number of fused-ring (bicyclic) bond motifs is 2. The van der Waals surface area contributed by atoms with Crippen molar-refractivity contribution in [3.8, 4) is 0 Å². The Hall–Kier alpha value is -2.88. The molecule has 3 aromatic rings. The first-order valence-electron chi connectivity index (χ1n) is 8.57. The molecule has 9 nitrogen and oxygen atoms in total. The van der Waals surface area contributed by atoms with E-state index >= 15 is 0 Å². The van der Waals surface area contributed by atoms with E-state index in [1.54, 1.807) is 4.90 Å². The predicted octanol–water partition coefficient (Wildman–Crippen LogP) is 0.630. The van der Waals surface area contributed by atoms with Gasteiger partial charge in [0, 0.05) is 18.3 Å². The Bertz CT molecular complexity index is 996. The fourth-order valence-corrected chi connectivity index (χ4v) is 3.62. The van der Waals surface area contributed by atoms with Gasteiger partial charge in [-0.2, -0.15) is 16.9 Å². The second-order valence-corrected chi connectivity index (χ2v) is 7.12. The van der Waals surface area contributed by atoms with Gasteiger partial charge in [0.25, 0.3) is 5.91 Å². The SMILES string of the molecule is CSCC(=O)N1CCc2c(C(=O)NCc3nnc4ccccn34)n[nH]c2C1. The third kappa shape index (κ3) is 3.39. The van der Waals surface area contributed by atoms with Crippen LogP contribution < -0.4 is 5.32 Å². The van der Waals surface area contributed by atoms with Crippen LogP contribution in [0.5, 0.6) is 0 Å². The summed E-state index contributed by atoms with van der Waals surface area (Å²) in [6.45, 7) is 1.31. The number of nitrogens with one attached hydrogen (secondary N) is 2. The Morgan fingerprint density at radius 1 is 1.33 bits per heavy atom. The summed E-state index contributed by atoms with van der Waals surface area (Å²) in [6.07, 6.45) is 4.38. The summed E-state index contributed by atoms with van der Waals surface area (Å²) < 4.78 is 1.83. The number of carbonyl (C=O) groups is 2. The molecule has 0 radical (unpaired) electrons. The Morgan fingerprint density at radius 2 is 2.22 bits per heavy atom. The lowest BCUT2D eigenvalue weighted by atomic mass is 10.0. The molecule has 4 heterocycles. The molecule has 0 aromatic carbocycles. The minimum Gasteiger partial charge on any atom is -0.343 e. The summed E-state index contributed by atoms with van der Waals surface area (Å²) in [5.41, 5.74) is 2.82. The molecule has 0 bridgehead atoms. The number of thioether (sulfide) groups is 1. The molecule has 4 rings (SSSR count). The highest BCUT2D eigenvalue weighted by Crippen LogP contribution is 2.21. The molecule has 2 N–H and O–H groups in total. The van der Waals surface area contributed by atoms with E-state index in [2.05, 4.69) is 25.7 Å². The lowest BCUT2D eigenvalue weighted by molar-refractivity contribution is -0.129. The average Bonchev–Trinajstić information content (AvgIpc) is 3.30. The number of aromatic amines is 1. The average molecular weight is 385 g/mol. The van der Waals surface area contributed by atoms with E-state index in [0.717, 1.165) is 16.9 Å². The topological polar surface area (TPSA) is 108 Å². The van der Waals surface area contributed by atoms with Crippen molar-refractivity contribution in [3.63, 3.8) is 0 Å². The normalized spacial score (nSPS) is 13.6. The number of H-pyrrole nitrogens is 1. The van der Waals surface area contributed by atoms with Gasteiger partial charge >= 0.3 is 0 Å². The molecular formula is C17H19N7O2S. The minimum atomic E-state index is -0.260. The molecule has 0 atom stereocenters. The molecule has 3 aromatic heterocycles. The van der Waals surface area contributed by atoms with Crippen molar-refractivity contribution in [2.45, 2.75) is 19.5 Å². The van der Waals surface area contributed by atoms with Crippen molar-refractivity contribution >= 4 is 29.2 Å². The Balaban J connectivity index is 1.44. The van der Waals surface area contributed by atoms with Gasteiger partial charge in [0.05, 0.1) is 24.5 Å². The molecule has 0 unspecified atom stereocenters. The third-order valence-corrected chi connectivity index (χ3v) is 5.10. The van der Waals surface area contributed by atoms with Gasteiger partial charge in [-0.05, 0) is 24.8 Å². The molecular weight excluding hydrogens is 366 g/mol. The second-order valence-electron chi connectivity index (χ2n) is 6.26. The first-order chi connectivity index (χ1) is 13.2. The lowest BCUT2D eigenvalue weighted by Crippen LogP contribution is -2.37. The van der Waals surface area contributed by atoms with Crippen molar-refractivity contribution in [1.82, 2.24) is 35.0 Å². The van der Waals surface area contributed by atoms with E-state index in [0.29, 0.717) is 36.8 Å². The van der Waals surface area contributed by atoms with Crippen molar-refractivity contribution in [2.75, 3.05) is 18.6 Å². The predicted molar refractivity (Wildman–Crippen MR) is 100 cm³/mol. The summed E-state index contributed by atoms with van der Waals surface area (Å²) in [5, 5.41) is 18.1. The van der Waals surface area contributed by atoms with Crippen LogP contribution in [0.25, 0.3) is 5.65 Å². The highest BCUT2D eigenvalue weighted by molar-refractivity contribution is 7.99. The van der Waals surface area contributed by atoms with Gasteiger partial charge in [-0.3, -0.25) is 19.1 Å². The van der Waals surface area contributed by atoms with Gasteiger partial charge in [-0.1, -0.05) is 6.07 Å². The molecule has 0 fully saturated rings. The maximum atomic E-state index is 12.6. The largest absolute Gasteiger partial charge is 0.343 e. The van der Waals surface area contributed by atoms with Crippen LogP contribution >= 0.6 is 11.8 Å². The van der Waals surface area contributed by atoms with Crippen molar-refractivity contribution in [3.05, 3.63) is 47.2 Å². The van der Waals surface area contributed by atoms with Crippen LogP contribution in [0.2, 0.25) is 0 Å². The summed E-state index contributed by atoms with van der Waals surface area (Å²) in [5.74, 6) is 0.956. The van der Waals surface area contributed by atoms with Crippen LogP contribution in [0.3, 0.4) is 0 Å². The zero-order valence-corrected chi connectivity index (χ0v) is 15.6. The fourth-order valence-electron chi connectivity index (χ4n) is 3.19. The zero-order chi connectivity index (χ0) is 18.8. The van der Waals surface area contributed by atoms with Crippen molar-refractivity contribution in [1.29, 1.82) is 0 Å². The maximum absolute atomic E-state index is 12.6. The highest BCUT2D eigenvalue weighted by Gasteiger charge is 2.27. The Kier molecular flexibility index (Phi) is 4.80. The van der Waals surface area contributed by atoms with E-state index in [1.165, 1.54) is 11.8 Å². The number of pyridine rings is 1. The molecule has 1 aliphatic heterocycles. The van der Waals surface area contributed by atoms with Gasteiger partial charge in [-0.15, -0.1) is 10.2 Å². The number of nitrogens with zero attached hydrogens (tertiary/aromatic N) is 5. The van der Waals surface area contributed by atoms with Gasteiger partial charge < -0.3 is 10.2 Å². The van der Waals surface area contributed by atoms with Gasteiger partial charge in [-0.25, -0.2) is 0 Å². The number of amides is 2. The van der Waals surface area contributed by atoms with Crippen LogP contribution in [0.1, 0.15) is 27.6 Å². The molecule has 2 amide bonds. The molecule has 0 saturated carbocycles. The standard InChI is InChI=1S/C17H19N7O2S/c1-27-10-15(25)23-7-5-11-12(9-23)19-22-16(11)17(26)18-8-14-21-20-13-4-2-3-6-24(13)14/h2-4,6H,5,7-10H2,1H3,(H,18,26)(H,19,22). The first kappa shape index (κ1) is 17.5. The van der Waals surface area contributed by atoms with Crippen LogP contribution in [0.15, 0.2) is 24.4 Å². The van der Waals surface area contributed by atoms with E-state index in [9.17, 15) is 9.59 Å². The van der Waals surface area contributed by atoms with Crippen LogP contribution in [-0.4, -0.2) is 60.1 Å².